The average molecular weight is 502 g/mol. The van der Waals surface area contributed by atoms with Crippen molar-refractivity contribution in [2.45, 2.75) is 51.5 Å². The molecule has 188 valence electrons. The molecule has 4 rings (SSSR count). The Hall–Kier alpha value is -3.38. The molecule has 4 aromatic rings. The quantitative estimate of drug-likeness (QED) is 0.143. The first-order valence-electron chi connectivity index (χ1n) is 12.8. The standard InChI is InChI=1S/C30H35N3O2S/c1-2-13-24-14-5-8-17-27(24)35-22-11-10-21-33-26-16-7-6-15-25(26)32-29(33)19-4-3-9-20-31-30(34)28-18-12-23-36-28/h2,5-8,12,14-18,23H,1,3-4,9-11,13,19-22H2,(H,31,34). The number of nitrogens with one attached hydrogen (secondary N) is 1. The van der Waals surface area contributed by atoms with Crippen molar-refractivity contribution in [2.75, 3.05) is 13.2 Å². The average Bonchev–Trinajstić information content (AvgIpc) is 3.56. The Morgan fingerprint density at radius 2 is 1.86 bits per heavy atom. The minimum atomic E-state index is 0.0277. The number of aromatic nitrogens is 2. The molecule has 0 radical (unpaired) electrons. The van der Waals surface area contributed by atoms with Gasteiger partial charge in [-0.3, -0.25) is 4.79 Å². The highest BCUT2D eigenvalue weighted by atomic mass is 32.1. The second-order valence-corrected chi connectivity index (χ2v) is 9.82. The van der Waals surface area contributed by atoms with Crippen LogP contribution in [-0.4, -0.2) is 28.6 Å². The van der Waals surface area contributed by atoms with Crippen LogP contribution in [0.3, 0.4) is 0 Å². The SMILES string of the molecule is C=CCc1ccccc1OCCCCn1c(CCCCCNC(=O)c2cccs2)nc2ccccc21. The van der Waals surface area contributed by atoms with Gasteiger partial charge in [-0.25, -0.2) is 4.98 Å². The minimum absolute atomic E-state index is 0.0277. The van der Waals surface area contributed by atoms with Crippen LogP contribution in [0.2, 0.25) is 0 Å². The van der Waals surface area contributed by atoms with Gasteiger partial charge in [0.1, 0.15) is 11.6 Å². The molecule has 0 saturated heterocycles. The smallest absolute Gasteiger partial charge is 0.261 e. The Morgan fingerprint density at radius 1 is 1.00 bits per heavy atom. The van der Waals surface area contributed by atoms with Crippen LogP contribution in [0.15, 0.2) is 78.7 Å². The van der Waals surface area contributed by atoms with Gasteiger partial charge >= 0.3 is 0 Å². The van der Waals surface area contributed by atoms with E-state index in [0.29, 0.717) is 13.2 Å². The van der Waals surface area contributed by atoms with Gasteiger partial charge in [0.2, 0.25) is 0 Å². The maximum atomic E-state index is 12.1. The zero-order valence-electron chi connectivity index (χ0n) is 20.8. The topological polar surface area (TPSA) is 56.1 Å². The lowest BCUT2D eigenvalue weighted by Gasteiger charge is -2.12. The molecule has 0 aliphatic heterocycles. The van der Waals surface area contributed by atoms with Crippen molar-refractivity contribution in [3.63, 3.8) is 0 Å². The van der Waals surface area contributed by atoms with Crippen molar-refractivity contribution in [1.29, 1.82) is 0 Å². The number of aryl methyl sites for hydroxylation is 2. The van der Waals surface area contributed by atoms with Crippen LogP contribution in [0.4, 0.5) is 0 Å². The van der Waals surface area contributed by atoms with E-state index < -0.39 is 0 Å². The van der Waals surface area contributed by atoms with Gasteiger partial charge < -0.3 is 14.6 Å². The number of unbranched alkanes of at least 4 members (excludes halogenated alkanes) is 3. The predicted molar refractivity (Wildman–Crippen MR) is 149 cm³/mol. The number of rotatable bonds is 15. The third-order valence-electron chi connectivity index (χ3n) is 6.21. The summed E-state index contributed by atoms with van der Waals surface area (Å²) >= 11 is 1.48. The maximum absolute atomic E-state index is 12.1. The van der Waals surface area contributed by atoms with Gasteiger partial charge in [0.15, 0.2) is 0 Å². The lowest BCUT2D eigenvalue weighted by molar-refractivity contribution is 0.0957. The monoisotopic (exact) mass is 501 g/mol. The molecule has 0 saturated carbocycles. The second-order valence-electron chi connectivity index (χ2n) is 8.87. The van der Waals surface area contributed by atoms with Gasteiger partial charge in [0.05, 0.1) is 22.5 Å². The molecule has 0 bridgehead atoms. The number of hydrogen-bond acceptors (Lipinski definition) is 4. The van der Waals surface area contributed by atoms with Gasteiger partial charge in [-0.2, -0.15) is 0 Å². The van der Waals surface area contributed by atoms with E-state index in [1.807, 2.05) is 47.9 Å². The largest absolute Gasteiger partial charge is 0.493 e. The molecule has 0 spiro atoms. The Labute approximate surface area is 217 Å². The van der Waals surface area contributed by atoms with E-state index in [-0.39, 0.29) is 5.91 Å². The third-order valence-corrected chi connectivity index (χ3v) is 7.08. The van der Waals surface area contributed by atoms with Crippen LogP contribution >= 0.6 is 11.3 Å². The molecule has 5 nitrogen and oxygen atoms in total. The maximum Gasteiger partial charge on any atom is 0.261 e. The zero-order valence-corrected chi connectivity index (χ0v) is 21.6. The van der Waals surface area contributed by atoms with Crippen molar-refractivity contribution >= 4 is 28.3 Å². The van der Waals surface area contributed by atoms with Crippen molar-refractivity contribution in [1.82, 2.24) is 14.9 Å². The highest BCUT2D eigenvalue weighted by Gasteiger charge is 2.11. The number of imidazole rings is 1. The van der Waals surface area contributed by atoms with E-state index in [1.54, 1.807) is 0 Å². The molecule has 0 aliphatic rings. The first-order chi connectivity index (χ1) is 17.8. The number of fused-ring (bicyclic) bond motifs is 1. The van der Waals surface area contributed by atoms with Crippen LogP contribution in [0.1, 0.15) is 53.2 Å². The number of carbonyl (C=O) groups is 1. The lowest BCUT2D eigenvalue weighted by atomic mass is 10.1. The number of carbonyl (C=O) groups excluding carboxylic acids is 1. The van der Waals surface area contributed by atoms with Crippen molar-refractivity contribution < 1.29 is 9.53 Å². The van der Waals surface area contributed by atoms with Crippen LogP contribution in [0, 0.1) is 0 Å². The van der Waals surface area contributed by atoms with Crippen molar-refractivity contribution in [3.05, 3.63) is 95.0 Å². The van der Waals surface area contributed by atoms with Gasteiger partial charge in [-0.05, 0) is 67.3 Å². The molecule has 0 unspecified atom stereocenters. The molecule has 1 amide bonds. The van der Waals surface area contributed by atoms with Gasteiger partial charge in [0.25, 0.3) is 5.91 Å². The number of hydrogen-bond donors (Lipinski definition) is 1. The van der Waals surface area contributed by atoms with E-state index in [2.05, 4.69) is 40.7 Å². The predicted octanol–water partition coefficient (Wildman–Crippen LogP) is 6.83. The van der Waals surface area contributed by atoms with Gasteiger partial charge in [-0.15, -0.1) is 17.9 Å². The molecular formula is C30H35N3O2S. The number of para-hydroxylation sites is 3. The van der Waals surface area contributed by atoms with Gasteiger partial charge in [-0.1, -0.05) is 48.9 Å². The highest BCUT2D eigenvalue weighted by molar-refractivity contribution is 7.12. The molecule has 2 aromatic carbocycles. The summed E-state index contributed by atoms with van der Waals surface area (Å²) in [6.07, 6.45) is 8.79. The number of thiophene rings is 1. The summed E-state index contributed by atoms with van der Waals surface area (Å²) in [6, 6.07) is 20.3. The summed E-state index contributed by atoms with van der Waals surface area (Å²) in [6.45, 7) is 6.19. The molecule has 0 fully saturated rings. The minimum Gasteiger partial charge on any atom is -0.493 e. The van der Waals surface area contributed by atoms with Gasteiger partial charge in [0, 0.05) is 19.5 Å². The van der Waals surface area contributed by atoms with E-state index >= 15 is 0 Å². The number of amides is 1. The molecular weight excluding hydrogens is 466 g/mol. The highest BCUT2D eigenvalue weighted by Crippen LogP contribution is 2.21. The van der Waals surface area contributed by atoms with E-state index in [9.17, 15) is 4.79 Å². The molecule has 2 heterocycles. The lowest BCUT2D eigenvalue weighted by Crippen LogP contribution is -2.23. The third kappa shape index (κ3) is 7.08. The fraction of sp³-hybridized carbons (Fsp3) is 0.333. The number of allylic oxidation sites excluding steroid dienone is 1. The molecule has 36 heavy (non-hydrogen) atoms. The van der Waals surface area contributed by atoms with E-state index in [1.165, 1.54) is 22.4 Å². The van der Waals surface area contributed by atoms with E-state index in [4.69, 9.17) is 9.72 Å². The first kappa shape index (κ1) is 25.7. The van der Waals surface area contributed by atoms with Crippen LogP contribution in [-0.2, 0) is 19.4 Å². The summed E-state index contributed by atoms with van der Waals surface area (Å²) in [7, 11) is 0. The van der Waals surface area contributed by atoms with Crippen molar-refractivity contribution in [3.8, 4) is 5.75 Å². The summed E-state index contributed by atoms with van der Waals surface area (Å²) in [5, 5.41) is 4.94. The summed E-state index contributed by atoms with van der Waals surface area (Å²) < 4.78 is 8.44. The fourth-order valence-corrected chi connectivity index (χ4v) is 5.01. The Morgan fingerprint density at radius 3 is 2.72 bits per heavy atom. The molecule has 6 heteroatoms. The Bertz CT molecular complexity index is 1250. The summed E-state index contributed by atoms with van der Waals surface area (Å²) in [5.41, 5.74) is 3.44. The normalized spacial score (nSPS) is 11.0. The Balaban J connectivity index is 1.23. The summed E-state index contributed by atoms with van der Waals surface area (Å²) in [4.78, 5) is 17.7. The van der Waals surface area contributed by atoms with Crippen molar-refractivity contribution in [2.24, 2.45) is 0 Å². The van der Waals surface area contributed by atoms with Crippen LogP contribution in [0.25, 0.3) is 11.0 Å². The number of benzene rings is 2. The number of ether oxygens (including phenoxy) is 1. The molecule has 0 atom stereocenters. The summed E-state index contributed by atoms with van der Waals surface area (Å²) in [5.74, 6) is 2.13. The van der Waals surface area contributed by atoms with Crippen LogP contribution in [0.5, 0.6) is 5.75 Å². The second kappa shape index (κ2) is 13.6. The van der Waals surface area contributed by atoms with Crippen LogP contribution < -0.4 is 10.1 Å². The first-order valence-corrected chi connectivity index (χ1v) is 13.7. The zero-order chi connectivity index (χ0) is 25.0. The fourth-order valence-electron chi connectivity index (χ4n) is 4.37. The molecule has 1 N–H and O–H groups in total. The molecule has 0 aliphatic carbocycles. The Kier molecular flexibility index (Phi) is 9.74. The van der Waals surface area contributed by atoms with E-state index in [0.717, 1.165) is 73.5 Å². The molecule has 2 aromatic heterocycles. The number of nitrogens with zero attached hydrogens (tertiary/aromatic N) is 2.